The summed E-state index contributed by atoms with van der Waals surface area (Å²) in [6.07, 6.45) is 3.31. The number of carbonyl (C=O) groups excluding carboxylic acids is 1. The quantitative estimate of drug-likeness (QED) is 0.438. The zero-order chi connectivity index (χ0) is 6.24. The van der Waals surface area contributed by atoms with Gasteiger partial charge in [-0.2, -0.15) is 13.5 Å². The molecule has 0 N–H and O–H groups in total. The molecule has 9 heavy (non-hydrogen) atoms. The molecule has 0 rings (SSSR count). The Balaban J connectivity index is 0. The summed E-state index contributed by atoms with van der Waals surface area (Å²) in [6, 6.07) is 0. The van der Waals surface area contributed by atoms with Crippen LogP contribution in [0.1, 0.15) is 26.2 Å². The van der Waals surface area contributed by atoms with Crippen molar-refractivity contribution >= 4 is 20.0 Å². The lowest BCUT2D eigenvalue weighted by Gasteiger charge is -1.93. The van der Waals surface area contributed by atoms with Crippen LogP contribution in [0.15, 0.2) is 0 Å². The maximum Gasteiger partial charge on any atom is 0.293 e. The number of hydrogen-bond acceptors (Lipinski definition) is 2. The van der Waals surface area contributed by atoms with Gasteiger partial charge in [0.25, 0.3) is 6.47 Å². The minimum atomic E-state index is 0. The first-order valence-corrected chi connectivity index (χ1v) is 2.97. The van der Waals surface area contributed by atoms with Crippen molar-refractivity contribution in [3.8, 4) is 0 Å². The van der Waals surface area contributed by atoms with E-state index >= 15 is 0 Å². The Bertz CT molecular complexity index is 57.0. The molecule has 0 radical (unpaired) electrons. The van der Waals surface area contributed by atoms with Crippen molar-refractivity contribution in [2.45, 2.75) is 26.2 Å². The van der Waals surface area contributed by atoms with E-state index in [1.165, 1.54) is 6.42 Å². The van der Waals surface area contributed by atoms with Crippen molar-refractivity contribution in [2.75, 3.05) is 6.61 Å². The van der Waals surface area contributed by atoms with Gasteiger partial charge in [0.05, 0.1) is 6.61 Å². The molecular formula is C6H14O2S. The lowest BCUT2D eigenvalue weighted by atomic mass is 10.3. The number of rotatable bonds is 5. The van der Waals surface area contributed by atoms with Gasteiger partial charge in [-0.15, -0.1) is 0 Å². The van der Waals surface area contributed by atoms with Crippen molar-refractivity contribution in [1.29, 1.82) is 0 Å². The molecule has 0 fully saturated rings. The van der Waals surface area contributed by atoms with Gasteiger partial charge in [0.15, 0.2) is 0 Å². The fourth-order valence-electron chi connectivity index (χ4n) is 0.484. The Kier molecular flexibility index (Phi) is 13.8. The van der Waals surface area contributed by atoms with Crippen LogP contribution < -0.4 is 0 Å². The van der Waals surface area contributed by atoms with Gasteiger partial charge in [0.1, 0.15) is 0 Å². The summed E-state index contributed by atoms with van der Waals surface area (Å²) >= 11 is 0. The number of unbranched alkanes of at least 4 members (excludes halogenated alkanes) is 2. The molecule has 0 aromatic heterocycles. The molecule has 0 aliphatic rings. The van der Waals surface area contributed by atoms with Crippen molar-refractivity contribution in [1.82, 2.24) is 0 Å². The number of hydrogen-bond donors (Lipinski definition) is 0. The van der Waals surface area contributed by atoms with Crippen molar-refractivity contribution < 1.29 is 9.53 Å². The minimum Gasteiger partial charge on any atom is -0.468 e. The van der Waals surface area contributed by atoms with Crippen molar-refractivity contribution in [2.24, 2.45) is 0 Å². The van der Waals surface area contributed by atoms with Gasteiger partial charge < -0.3 is 4.74 Å². The Morgan fingerprint density at radius 1 is 1.44 bits per heavy atom. The lowest BCUT2D eigenvalue weighted by Crippen LogP contribution is -1.89. The predicted octanol–water partition coefficient (Wildman–Crippen LogP) is 1.46. The van der Waals surface area contributed by atoms with Crippen LogP contribution in [-0.2, 0) is 9.53 Å². The SMILES string of the molecule is CCCCCOC=O.S. The first-order valence-electron chi connectivity index (χ1n) is 2.97. The summed E-state index contributed by atoms with van der Waals surface area (Å²) in [4.78, 5) is 9.55. The van der Waals surface area contributed by atoms with Crippen LogP contribution in [0.2, 0.25) is 0 Å². The molecule has 0 spiro atoms. The highest BCUT2D eigenvalue weighted by molar-refractivity contribution is 7.59. The third-order valence-electron chi connectivity index (χ3n) is 0.934. The molecular weight excluding hydrogens is 136 g/mol. The normalized spacial score (nSPS) is 7.67. The third-order valence-corrected chi connectivity index (χ3v) is 0.934. The molecule has 0 bridgehead atoms. The van der Waals surface area contributed by atoms with Crippen molar-refractivity contribution in [3.63, 3.8) is 0 Å². The maximum absolute atomic E-state index is 9.55. The van der Waals surface area contributed by atoms with Gasteiger partial charge in [-0.05, 0) is 6.42 Å². The van der Waals surface area contributed by atoms with Gasteiger partial charge in [0.2, 0.25) is 0 Å². The van der Waals surface area contributed by atoms with Gasteiger partial charge >= 0.3 is 0 Å². The highest BCUT2D eigenvalue weighted by atomic mass is 32.1. The summed E-state index contributed by atoms with van der Waals surface area (Å²) in [5.74, 6) is 0. The molecule has 0 amide bonds. The number of ether oxygens (including phenoxy) is 1. The molecule has 3 heteroatoms. The Morgan fingerprint density at radius 3 is 2.56 bits per heavy atom. The first kappa shape index (κ1) is 11.6. The van der Waals surface area contributed by atoms with Gasteiger partial charge in [-0.25, -0.2) is 0 Å². The van der Waals surface area contributed by atoms with Gasteiger partial charge in [-0.3, -0.25) is 4.79 Å². The molecule has 0 aromatic carbocycles. The van der Waals surface area contributed by atoms with Gasteiger partial charge in [0, 0.05) is 0 Å². The van der Waals surface area contributed by atoms with Gasteiger partial charge in [-0.1, -0.05) is 19.8 Å². The minimum absolute atomic E-state index is 0. The van der Waals surface area contributed by atoms with E-state index < -0.39 is 0 Å². The summed E-state index contributed by atoms with van der Waals surface area (Å²) in [7, 11) is 0. The van der Waals surface area contributed by atoms with Crippen LogP contribution in [0.4, 0.5) is 0 Å². The molecule has 0 heterocycles. The van der Waals surface area contributed by atoms with Crippen LogP contribution in [-0.4, -0.2) is 13.1 Å². The highest BCUT2D eigenvalue weighted by Gasteiger charge is 1.82. The van der Waals surface area contributed by atoms with E-state index in [0.29, 0.717) is 13.1 Å². The molecule has 0 saturated heterocycles. The maximum atomic E-state index is 9.55. The Labute approximate surface area is 63.0 Å². The molecule has 56 valence electrons. The van der Waals surface area contributed by atoms with Crippen LogP contribution >= 0.6 is 13.5 Å². The fraction of sp³-hybridized carbons (Fsp3) is 0.833. The summed E-state index contributed by atoms with van der Waals surface area (Å²) < 4.78 is 4.46. The van der Waals surface area contributed by atoms with Crippen LogP contribution in [0.5, 0.6) is 0 Å². The average Bonchev–Trinajstić information content (AvgIpc) is 1.81. The summed E-state index contributed by atoms with van der Waals surface area (Å²) in [6.45, 7) is 3.19. The van der Waals surface area contributed by atoms with Crippen molar-refractivity contribution in [3.05, 3.63) is 0 Å². The van der Waals surface area contributed by atoms with E-state index in [-0.39, 0.29) is 13.5 Å². The topological polar surface area (TPSA) is 26.3 Å². The van der Waals surface area contributed by atoms with Crippen LogP contribution in [0, 0.1) is 0 Å². The summed E-state index contributed by atoms with van der Waals surface area (Å²) in [5, 5.41) is 0. The van der Waals surface area contributed by atoms with E-state index in [1.54, 1.807) is 0 Å². The Hall–Kier alpha value is -0.180. The van der Waals surface area contributed by atoms with Crippen LogP contribution in [0.25, 0.3) is 0 Å². The molecule has 0 aliphatic carbocycles. The second kappa shape index (κ2) is 10.7. The third kappa shape index (κ3) is 11.4. The lowest BCUT2D eigenvalue weighted by molar-refractivity contribution is -0.128. The van der Waals surface area contributed by atoms with Crippen LogP contribution in [0.3, 0.4) is 0 Å². The first-order chi connectivity index (χ1) is 3.91. The summed E-state index contributed by atoms with van der Waals surface area (Å²) in [5.41, 5.74) is 0. The fourth-order valence-corrected chi connectivity index (χ4v) is 0.484. The monoisotopic (exact) mass is 150 g/mol. The molecule has 0 saturated carbocycles. The van der Waals surface area contributed by atoms with E-state index in [9.17, 15) is 4.79 Å². The van der Waals surface area contributed by atoms with E-state index in [4.69, 9.17) is 0 Å². The zero-order valence-electron chi connectivity index (χ0n) is 5.72. The van der Waals surface area contributed by atoms with E-state index in [1.807, 2.05) is 0 Å². The highest BCUT2D eigenvalue weighted by Crippen LogP contribution is 1.91. The van der Waals surface area contributed by atoms with E-state index in [0.717, 1.165) is 12.8 Å². The molecule has 0 aromatic rings. The van der Waals surface area contributed by atoms with E-state index in [2.05, 4.69) is 11.7 Å². The molecule has 0 aliphatic heterocycles. The second-order valence-electron chi connectivity index (χ2n) is 1.67. The largest absolute Gasteiger partial charge is 0.468 e. The second-order valence-corrected chi connectivity index (χ2v) is 1.67. The molecule has 0 unspecified atom stereocenters. The Morgan fingerprint density at radius 2 is 2.11 bits per heavy atom. The number of carbonyl (C=O) groups is 1. The molecule has 0 atom stereocenters. The molecule has 2 nitrogen and oxygen atoms in total. The standard InChI is InChI=1S/C6H12O2.H2S/c1-2-3-4-5-8-6-7;/h6H,2-5H2,1H3;1H2. The zero-order valence-corrected chi connectivity index (χ0v) is 6.72. The predicted molar refractivity (Wildman–Crippen MR) is 41.9 cm³/mol. The average molecular weight is 150 g/mol. The smallest absolute Gasteiger partial charge is 0.293 e.